The van der Waals surface area contributed by atoms with Crippen LogP contribution in [0.2, 0.25) is 0 Å². The Labute approximate surface area is 94.1 Å². The van der Waals surface area contributed by atoms with Crippen molar-refractivity contribution < 1.29 is 18.0 Å². The highest BCUT2D eigenvalue weighted by molar-refractivity contribution is 8.13. The summed E-state index contributed by atoms with van der Waals surface area (Å²) < 4.78 is 37.1. The maximum absolute atomic E-state index is 12.4. The molecule has 1 aromatic rings. The molecule has 0 aliphatic carbocycles. The van der Waals surface area contributed by atoms with Crippen LogP contribution >= 0.6 is 11.8 Å². The third kappa shape index (κ3) is 3.73. The molecular formula is C9H9F3N2OS. The first-order valence-electron chi connectivity index (χ1n) is 4.31. The Hall–Kier alpha value is -1.24. The second-order valence-corrected chi connectivity index (χ2v) is 4.10. The number of aromatic amines is 1. The Balaban J connectivity index is 2.67. The van der Waals surface area contributed by atoms with Crippen molar-refractivity contribution in [2.45, 2.75) is 13.1 Å². The van der Waals surface area contributed by atoms with E-state index in [-0.39, 0.29) is 10.7 Å². The summed E-state index contributed by atoms with van der Waals surface area (Å²) in [6, 6.07) is 0. The number of rotatable bonds is 3. The highest BCUT2D eigenvalue weighted by Gasteiger charge is 2.34. The van der Waals surface area contributed by atoms with Crippen molar-refractivity contribution in [3.63, 3.8) is 0 Å². The van der Waals surface area contributed by atoms with Gasteiger partial charge in [-0.25, -0.2) is 0 Å². The molecule has 0 bridgehead atoms. The van der Waals surface area contributed by atoms with E-state index in [1.165, 1.54) is 19.1 Å². The fraction of sp³-hybridized carbons (Fsp3) is 0.333. The third-order valence-electron chi connectivity index (χ3n) is 1.63. The van der Waals surface area contributed by atoms with Gasteiger partial charge in [0.15, 0.2) is 5.12 Å². The zero-order valence-corrected chi connectivity index (χ0v) is 9.15. The van der Waals surface area contributed by atoms with E-state index < -0.39 is 11.9 Å². The maximum Gasteiger partial charge on any atom is 0.433 e. The third-order valence-corrected chi connectivity index (χ3v) is 2.40. The zero-order valence-electron chi connectivity index (χ0n) is 8.34. The predicted octanol–water partition coefficient (Wildman–Crippen LogP) is 2.72. The number of carbonyl (C=O) groups excluding carboxylic acids is 1. The summed E-state index contributed by atoms with van der Waals surface area (Å²) in [5.41, 5.74) is -0.909. The van der Waals surface area contributed by atoms with Gasteiger partial charge in [0.25, 0.3) is 0 Å². The van der Waals surface area contributed by atoms with Gasteiger partial charge in [-0.1, -0.05) is 23.9 Å². The van der Waals surface area contributed by atoms with E-state index in [4.69, 9.17) is 0 Å². The molecule has 0 saturated carbocycles. The molecule has 1 aromatic heterocycles. The van der Waals surface area contributed by atoms with Crippen LogP contribution in [0.5, 0.6) is 0 Å². The molecule has 0 amide bonds. The average Bonchev–Trinajstić information content (AvgIpc) is 2.59. The highest BCUT2D eigenvalue weighted by atomic mass is 32.2. The molecule has 1 rings (SSSR count). The second kappa shape index (κ2) is 5.20. The van der Waals surface area contributed by atoms with Gasteiger partial charge in [-0.15, -0.1) is 0 Å². The van der Waals surface area contributed by atoms with Crippen molar-refractivity contribution in [1.82, 2.24) is 10.2 Å². The van der Waals surface area contributed by atoms with E-state index >= 15 is 0 Å². The maximum atomic E-state index is 12.4. The van der Waals surface area contributed by atoms with Crippen molar-refractivity contribution in [2.75, 3.05) is 5.75 Å². The first kappa shape index (κ1) is 12.8. The summed E-state index contributed by atoms with van der Waals surface area (Å²) in [5, 5.41) is 5.15. The number of alkyl halides is 3. The molecule has 1 N–H and O–H groups in total. The predicted molar refractivity (Wildman–Crippen MR) is 55.8 cm³/mol. The summed E-state index contributed by atoms with van der Waals surface area (Å²) >= 11 is 1.03. The van der Waals surface area contributed by atoms with E-state index in [0.29, 0.717) is 5.75 Å². The fourth-order valence-corrected chi connectivity index (χ4v) is 1.42. The molecule has 0 atom stereocenters. The van der Waals surface area contributed by atoms with Crippen LogP contribution in [-0.4, -0.2) is 21.1 Å². The van der Waals surface area contributed by atoms with Gasteiger partial charge in [-0.05, 0) is 0 Å². The average molecular weight is 250 g/mol. The lowest BCUT2D eigenvalue weighted by Gasteiger charge is -2.03. The largest absolute Gasteiger partial charge is 0.433 e. The number of nitrogens with zero attached hydrogens (tertiary/aromatic N) is 1. The molecule has 0 radical (unpaired) electrons. The Morgan fingerprint density at radius 1 is 1.62 bits per heavy atom. The topological polar surface area (TPSA) is 45.8 Å². The SMILES string of the molecule is CC(=O)SCC=Cc1cn[nH]c1C(F)(F)F. The first-order valence-corrected chi connectivity index (χ1v) is 5.30. The molecule has 0 unspecified atom stereocenters. The van der Waals surface area contributed by atoms with Gasteiger partial charge in [0.2, 0.25) is 0 Å². The minimum absolute atomic E-state index is 0.0309. The molecule has 1 heterocycles. The Morgan fingerprint density at radius 2 is 2.31 bits per heavy atom. The van der Waals surface area contributed by atoms with Crippen LogP contribution in [0.3, 0.4) is 0 Å². The molecule has 0 aromatic carbocycles. The normalized spacial score (nSPS) is 12.2. The van der Waals surface area contributed by atoms with Crippen molar-refractivity contribution in [1.29, 1.82) is 0 Å². The molecule has 88 valence electrons. The van der Waals surface area contributed by atoms with Gasteiger partial charge in [0, 0.05) is 18.2 Å². The van der Waals surface area contributed by atoms with Crippen LogP contribution in [0, 0.1) is 0 Å². The van der Waals surface area contributed by atoms with E-state index in [2.05, 4.69) is 5.10 Å². The standard InChI is InChI=1S/C9H9F3N2OS/c1-6(15)16-4-2-3-7-5-13-14-8(7)9(10,11)12/h2-3,5H,4H2,1H3,(H,13,14). The van der Waals surface area contributed by atoms with Gasteiger partial charge in [-0.2, -0.15) is 18.3 Å². The zero-order chi connectivity index (χ0) is 12.2. The van der Waals surface area contributed by atoms with Gasteiger partial charge < -0.3 is 0 Å². The van der Waals surface area contributed by atoms with Crippen LogP contribution in [0.4, 0.5) is 13.2 Å². The van der Waals surface area contributed by atoms with Crippen LogP contribution in [0.15, 0.2) is 12.3 Å². The lowest BCUT2D eigenvalue weighted by atomic mass is 10.2. The fourth-order valence-electron chi connectivity index (χ4n) is 0.989. The molecule has 7 heteroatoms. The number of thioether (sulfide) groups is 1. The molecule has 16 heavy (non-hydrogen) atoms. The number of H-pyrrole nitrogens is 1. The summed E-state index contributed by atoms with van der Waals surface area (Å²) in [4.78, 5) is 10.6. The second-order valence-electron chi connectivity index (χ2n) is 2.90. The lowest BCUT2D eigenvalue weighted by Crippen LogP contribution is -2.07. The minimum Gasteiger partial charge on any atom is -0.288 e. The van der Waals surface area contributed by atoms with Crippen LogP contribution in [0.25, 0.3) is 6.08 Å². The van der Waals surface area contributed by atoms with Crippen LogP contribution < -0.4 is 0 Å². The number of carbonyl (C=O) groups is 1. The molecule has 0 aliphatic rings. The molecule has 0 saturated heterocycles. The first-order chi connectivity index (χ1) is 7.41. The van der Waals surface area contributed by atoms with Crippen molar-refractivity contribution in [2.24, 2.45) is 0 Å². The molecule has 3 nitrogen and oxygen atoms in total. The van der Waals surface area contributed by atoms with Gasteiger partial charge in [-0.3, -0.25) is 9.89 Å². The summed E-state index contributed by atoms with van der Waals surface area (Å²) in [6.07, 6.45) is -0.559. The van der Waals surface area contributed by atoms with E-state index in [9.17, 15) is 18.0 Å². The summed E-state index contributed by atoms with van der Waals surface area (Å²) in [7, 11) is 0. The van der Waals surface area contributed by atoms with Crippen LogP contribution in [0.1, 0.15) is 18.2 Å². The quantitative estimate of drug-likeness (QED) is 0.897. The number of halogens is 3. The summed E-state index contributed by atoms with van der Waals surface area (Å²) in [6.45, 7) is 1.40. The number of nitrogens with one attached hydrogen (secondary N) is 1. The summed E-state index contributed by atoms with van der Waals surface area (Å²) in [5.74, 6) is 0.345. The van der Waals surface area contributed by atoms with Gasteiger partial charge in [0.05, 0.1) is 6.20 Å². The Kier molecular flexibility index (Phi) is 4.17. The molecule has 0 spiro atoms. The van der Waals surface area contributed by atoms with Crippen LogP contribution in [-0.2, 0) is 11.0 Å². The van der Waals surface area contributed by atoms with E-state index in [0.717, 1.165) is 18.0 Å². The Bertz CT molecular complexity index is 398. The smallest absolute Gasteiger partial charge is 0.288 e. The van der Waals surface area contributed by atoms with Crippen molar-refractivity contribution in [3.05, 3.63) is 23.5 Å². The van der Waals surface area contributed by atoms with Gasteiger partial charge in [0.1, 0.15) is 5.69 Å². The Morgan fingerprint density at radius 3 is 2.88 bits per heavy atom. The molecule has 0 aliphatic heterocycles. The number of hydrogen-bond acceptors (Lipinski definition) is 3. The minimum atomic E-state index is -4.44. The van der Waals surface area contributed by atoms with Crippen molar-refractivity contribution in [3.8, 4) is 0 Å². The lowest BCUT2D eigenvalue weighted by molar-refractivity contribution is -0.141. The van der Waals surface area contributed by atoms with Gasteiger partial charge >= 0.3 is 6.18 Å². The number of aromatic nitrogens is 2. The molecule has 0 fully saturated rings. The van der Waals surface area contributed by atoms with Crippen molar-refractivity contribution >= 4 is 23.0 Å². The van der Waals surface area contributed by atoms with E-state index in [1.807, 2.05) is 5.10 Å². The number of hydrogen-bond donors (Lipinski definition) is 1. The molecular weight excluding hydrogens is 241 g/mol. The monoisotopic (exact) mass is 250 g/mol. The van der Waals surface area contributed by atoms with E-state index in [1.54, 1.807) is 0 Å². The highest BCUT2D eigenvalue weighted by Crippen LogP contribution is 2.30.